The van der Waals surface area contributed by atoms with Crippen LogP contribution in [0, 0.1) is 4.77 Å². The van der Waals surface area contributed by atoms with E-state index < -0.39 is 0 Å². The molecule has 1 aliphatic rings. The van der Waals surface area contributed by atoms with Crippen molar-refractivity contribution in [1.29, 1.82) is 0 Å². The second-order valence-electron chi connectivity index (χ2n) is 7.12. The van der Waals surface area contributed by atoms with Gasteiger partial charge in [-0.25, -0.2) is 0 Å². The topological polar surface area (TPSA) is 43.8 Å². The zero-order valence-corrected chi connectivity index (χ0v) is 16.4. The summed E-state index contributed by atoms with van der Waals surface area (Å²) in [5, 5.41) is 10.0. The summed E-state index contributed by atoms with van der Waals surface area (Å²) in [6.45, 7) is 5.27. The third kappa shape index (κ3) is 3.65. The molecular weight excluding hydrogens is 358 g/mol. The summed E-state index contributed by atoms with van der Waals surface area (Å²) in [7, 11) is 0. The molecule has 0 bridgehead atoms. The van der Waals surface area contributed by atoms with Crippen LogP contribution in [0.5, 0.6) is 5.75 Å². The lowest BCUT2D eigenvalue weighted by Crippen LogP contribution is -3.13. The molecule has 5 nitrogen and oxygen atoms in total. The highest BCUT2D eigenvalue weighted by Crippen LogP contribution is 2.23. The number of rotatable bonds is 5. The number of quaternary nitrogens is 1. The molecule has 0 amide bonds. The molecule has 2 aromatic carbocycles. The Morgan fingerprint density at radius 1 is 1.15 bits per heavy atom. The number of likely N-dealkylation sites (tertiary alicyclic amines) is 1. The molecule has 0 saturated carbocycles. The van der Waals surface area contributed by atoms with E-state index in [9.17, 15) is 5.11 Å². The Kier molecular flexibility index (Phi) is 5.29. The third-order valence-corrected chi connectivity index (χ3v) is 5.62. The van der Waals surface area contributed by atoms with E-state index in [1.807, 2.05) is 25.1 Å². The first-order valence-corrected chi connectivity index (χ1v) is 10.0. The van der Waals surface area contributed by atoms with Gasteiger partial charge in [-0.15, -0.1) is 0 Å². The maximum atomic E-state index is 10.0. The average molecular weight is 385 g/mol. The molecule has 3 aromatic rings. The van der Waals surface area contributed by atoms with Crippen molar-refractivity contribution in [2.24, 2.45) is 0 Å². The minimum atomic E-state index is -0.206. The van der Waals surface area contributed by atoms with E-state index in [0.29, 0.717) is 6.61 Å². The van der Waals surface area contributed by atoms with Crippen LogP contribution in [0.15, 0.2) is 48.5 Å². The van der Waals surface area contributed by atoms with Crippen LogP contribution in [0.25, 0.3) is 16.7 Å². The molecule has 1 aliphatic heterocycles. The quantitative estimate of drug-likeness (QED) is 0.665. The van der Waals surface area contributed by atoms with Crippen molar-refractivity contribution in [3.05, 3.63) is 53.3 Å². The van der Waals surface area contributed by atoms with Gasteiger partial charge in [0.25, 0.3) is 0 Å². The van der Waals surface area contributed by atoms with Gasteiger partial charge in [-0.1, -0.05) is 12.1 Å². The van der Waals surface area contributed by atoms with Crippen molar-refractivity contribution in [2.45, 2.75) is 32.5 Å². The maximum Gasteiger partial charge on any atom is 0.189 e. The van der Waals surface area contributed by atoms with Crippen LogP contribution in [0.3, 0.4) is 0 Å². The number of piperidine rings is 1. The van der Waals surface area contributed by atoms with Crippen LogP contribution in [-0.2, 0) is 6.67 Å². The molecule has 0 radical (unpaired) electrons. The monoisotopic (exact) mass is 384 g/mol. The second kappa shape index (κ2) is 7.84. The summed E-state index contributed by atoms with van der Waals surface area (Å²) in [6.07, 6.45) is 1.76. The smallest absolute Gasteiger partial charge is 0.189 e. The van der Waals surface area contributed by atoms with E-state index in [2.05, 4.69) is 39.5 Å². The van der Waals surface area contributed by atoms with E-state index in [-0.39, 0.29) is 6.10 Å². The van der Waals surface area contributed by atoms with Crippen LogP contribution in [0.2, 0.25) is 0 Å². The van der Waals surface area contributed by atoms with Crippen LogP contribution in [0.1, 0.15) is 19.8 Å². The van der Waals surface area contributed by atoms with Crippen LogP contribution in [0.4, 0.5) is 0 Å². The fourth-order valence-electron chi connectivity index (χ4n) is 3.96. The molecule has 4 rings (SSSR count). The number of aliphatic hydroxyl groups is 1. The lowest BCUT2D eigenvalue weighted by Gasteiger charge is -2.27. The SMILES string of the molecule is CCOc1ccc(-n2c(=S)n(C[NH+]3CCC[C@H](O)C3)c3ccccc32)cc1. The standard InChI is InChI=1S/C21H25N3O2S/c1-2-26-18-11-9-16(10-12-18)24-20-8-4-3-7-19(20)23(21(24)27)15-22-13-5-6-17(25)14-22/h3-4,7-12,17,25H,2,5-6,13-15H2,1H3/p+1/t17-/m0/s1. The van der Waals surface area contributed by atoms with E-state index in [0.717, 1.165) is 59.8 Å². The first-order valence-electron chi connectivity index (χ1n) is 9.62. The Morgan fingerprint density at radius 3 is 2.59 bits per heavy atom. The molecular formula is C21H26N3O2S+. The summed E-state index contributed by atoms with van der Waals surface area (Å²) in [5.41, 5.74) is 3.26. The number of nitrogens with one attached hydrogen (secondary N) is 1. The number of aromatic nitrogens is 2. The Hall–Kier alpha value is -2.15. The van der Waals surface area contributed by atoms with Gasteiger partial charge >= 0.3 is 0 Å². The highest BCUT2D eigenvalue weighted by Gasteiger charge is 2.23. The highest BCUT2D eigenvalue weighted by atomic mass is 32.1. The van der Waals surface area contributed by atoms with Gasteiger partial charge in [-0.2, -0.15) is 0 Å². The van der Waals surface area contributed by atoms with Crippen molar-refractivity contribution in [3.63, 3.8) is 0 Å². The number of imidazole rings is 1. The molecule has 0 aliphatic carbocycles. The van der Waals surface area contributed by atoms with Gasteiger partial charge in [-0.05, 0) is 68.4 Å². The molecule has 2 N–H and O–H groups in total. The van der Waals surface area contributed by atoms with E-state index in [4.69, 9.17) is 17.0 Å². The average Bonchev–Trinajstić information content (AvgIpc) is 2.95. The maximum absolute atomic E-state index is 10.0. The Labute approximate surface area is 164 Å². The number of aliphatic hydroxyl groups excluding tert-OH is 1. The van der Waals surface area contributed by atoms with Crippen molar-refractivity contribution >= 4 is 23.3 Å². The Morgan fingerprint density at radius 2 is 1.89 bits per heavy atom. The van der Waals surface area contributed by atoms with Gasteiger partial charge in [0, 0.05) is 5.69 Å². The molecule has 1 saturated heterocycles. The minimum Gasteiger partial charge on any atom is -0.494 e. The van der Waals surface area contributed by atoms with E-state index in [1.54, 1.807) is 0 Å². The first-order chi connectivity index (χ1) is 13.2. The molecule has 2 atom stereocenters. The predicted molar refractivity (Wildman–Crippen MR) is 109 cm³/mol. The van der Waals surface area contributed by atoms with E-state index >= 15 is 0 Å². The zero-order chi connectivity index (χ0) is 18.8. The summed E-state index contributed by atoms with van der Waals surface area (Å²) in [6, 6.07) is 16.4. The zero-order valence-electron chi connectivity index (χ0n) is 15.6. The van der Waals surface area contributed by atoms with Crippen LogP contribution < -0.4 is 9.64 Å². The Balaban J connectivity index is 1.75. The number of ether oxygens (including phenoxy) is 1. The normalized spacial score (nSPS) is 20.1. The van der Waals surface area contributed by atoms with Gasteiger partial charge < -0.3 is 14.7 Å². The summed E-state index contributed by atoms with van der Waals surface area (Å²) in [5.74, 6) is 0.864. The lowest BCUT2D eigenvalue weighted by molar-refractivity contribution is -0.930. The van der Waals surface area contributed by atoms with Gasteiger partial charge in [0.1, 0.15) is 18.4 Å². The summed E-state index contributed by atoms with van der Waals surface area (Å²) >= 11 is 5.88. The van der Waals surface area contributed by atoms with Crippen molar-refractivity contribution in [1.82, 2.24) is 9.13 Å². The van der Waals surface area contributed by atoms with Gasteiger partial charge in [-0.3, -0.25) is 9.13 Å². The van der Waals surface area contributed by atoms with E-state index in [1.165, 1.54) is 4.90 Å². The van der Waals surface area contributed by atoms with Crippen molar-refractivity contribution in [2.75, 3.05) is 19.7 Å². The minimum absolute atomic E-state index is 0.206. The summed E-state index contributed by atoms with van der Waals surface area (Å²) < 4.78 is 10.7. The van der Waals surface area contributed by atoms with Crippen molar-refractivity contribution in [3.8, 4) is 11.4 Å². The molecule has 142 valence electrons. The number of fused-ring (bicyclic) bond motifs is 1. The number of hydrogen-bond acceptors (Lipinski definition) is 3. The highest BCUT2D eigenvalue weighted by molar-refractivity contribution is 7.71. The van der Waals surface area contributed by atoms with Crippen molar-refractivity contribution < 1.29 is 14.7 Å². The molecule has 2 heterocycles. The fraction of sp³-hybridized carbons (Fsp3) is 0.381. The largest absolute Gasteiger partial charge is 0.494 e. The first kappa shape index (κ1) is 18.2. The second-order valence-corrected chi connectivity index (χ2v) is 7.49. The molecule has 1 unspecified atom stereocenters. The molecule has 0 spiro atoms. The number of benzene rings is 2. The molecule has 6 heteroatoms. The molecule has 1 fully saturated rings. The van der Waals surface area contributed by atoms with Gasteiger partial charge in [0.15, 0.2) is 11.4 Å². The third-order valence-electron chi connectivity index (χ3n) is 5.22. The Bertz CT molecular complexity index is 977. The fourth-order valence-corrected chi connectivity index (χ4v) is 4.33. The predicted octanol–water partition coefficient (Wildman–Crippen LogP) is 2.56. The number of nitrogens with zero attached hydrogens (tertiary/aromatic N) is 2. The molecule has 27 heavy (non-hydrogen) atoms. The number of hydrogen-bond donors (Lipinski definition) is 2. The number of para-hydroxylation sites is 2. The summed E-state index contributed by atoms with van der Waals surface area (Å²) in [4.78, 5) is 1.37. The van der Waals surface area contributed by atoms with Gasteiger partial charge in [0.05, 0.1) is 24.2 Å². The lowest BCUT2D eigenvalue weighted by atomic mass is 10.1. The molecule has 1 aromatic heterocycles. The van der Waals surface area contributed by atoms with Crippen LogP contribution in [-0.4, -0.2) is 40.0 Å². The van der Waals surface area contributed by atoms with Gasteiger partial charge in [0.2, 0.25) is 0 Å². The van der Waals surface area contributed by atoms with Crippen LogP contribution >= 0.6 is 12.2 Å².